The van der Waals surface area contributed by atoms with Crippen LogP contribution in [-0.2, 0) is 18.7 Å². The molecule has 0 saturated heterocycles. The molecule has 0 spiro atoms. The van der Waals surface area contributed by atoms with Gasteiger partial charge < -0.3 is 29.9 Å². The number of alkyl carbamates (subject to hydrolysis) is 2. The average molecular weight is 720 g/mol. The standard InChI is InChI=1S/C35H44F3N3O6SSi/c1-8-21-46-33(44)39-25(22-47-49(6,7)34(2,3)4)26-19-20-27(48-26)30(35(36,37)38)41-31(42)29(40-32(43)45-5)28(23-15-11-9-12-16-23)24-17-13-10-14-18-24/h8-20,25,28-30H,1,21-22H2,2-7H3,(H,39,44)(H,40,43)(H,41,42)/t25-,29+,30-/m1/s1. The van der Waals surface area contributed by atoms with Crippen LogP contribution in [0.25, 0.3) is 0 Å². The minimum atomic E-state index is -4.92. The second kappa shape index (κ2) is 17.0. The highest BCUT2D eigenvalue weighted by molar-refractivity contribution is 7.12. The molecule has 0 bridgehead atoms. The zero-order valence-corrected chi connectivity index (χ0v) is 30.2. The number of ether oxygens (including phenoxy) is 2. The fraction of sp³-hybridized carbons (Fsp3) is 0.400. The van der Waals surface area contributed by atoms with Crippen molar-refractivity contribution >= 4 is 37.7 Å². The molecule has 0 aliphatic rings. The molecule has 49 heavy (non-hydrogen) atoms. The Bertz CT molecular complexity index is 1510. The molecule has 0 saturated carbocycles. The minimum Gasteiger partial charge on any atom is -0.453 e. The van der Waals surface area contributed by atoms with E-state index >= 15 is 0 Å². The first-order valence-electron chi connectivity index (χ1n) is 15.6. The first-order valence-corrected chi connectivity index (χ1v) is 19.3. The van der Waals surface area contributed by atoms with E-state index in [4.69, 9.17) is 13.9 Å². The number of benzene rings is 2. The van der Waals surface area contributed by atoms with Crippen molar-refractivity contribution in [1.82, 2.24) is 16.0 Å². The van der Waals surface area contributed by atoms with E-state index in [1.165, 1.54) is 18.2 Å². The zero-order valence-electron chi connectivity index (χ0n) is 28.4. The number of rotatable bonds is 14. The van der Waals surface area contributed by atoms with Crippen LogP contribution in [0.15, 0.2) is 85.5 Å². The molecular formula is C35H44F3N3O6SSi. The molecule has 3 rings (SSSR count). The van der Waals surface area contributed by atoms with E-state index in [0.29, 0.717) is 16.0 Å². The van der Waals surface area contributed by atoms with Crippen LogP contribution in [0.5, 0.6) is 0 Å². The molecule has 1 heterocycles. The van der Waals surface area contributed by atoms with Crippen LogP contribution in [0.1, 0.15) is 59.7 Å². The molecule has 0 radical (unpaired) electrons. The lowest BCUT2D eigenvalue weighted by Gasteiger charge is -2.37. The van der Waals surface area contributed by atoms with Crippen molar-refractivity contribution in [2.24, 2.45) is 0 Å². The Morgan fingerprint density at radius 3 is 1.90 bits per heavy atom. The second-order valence-corrected chi connectivity index (χ2v) is 18.7. The SMILES string of the molecule is C=CCOC(=O)N[C@H](CO[Si](C)(C)C(C)(C)C)c1ccc([C@@H](NC(=O)[C@@H](NC(=O)OC)C(c2ccccc2)c2ccccc2)C(F)(F)F)s1. The van der Waals surface area contributed by atoms with Crippen LogP contribution in [0.2, 0.25) is 18.1 Å². The van der Waals surface area contributed by atoms with E-state index < -0.39 is 56.6 Å². The maximum atomic E-state index is 14.8. The van der Waals surface area contributed by atoms with Crippen molar-refractivity contribution in [3.05, 3.63) is 106 Å². The number of carbonyl (C=O) groups excluding carboxylic acids is 3. The topological polar surface area (TPSA) is 115 Å². The Morgan fingerprint density at radius 1 is 0.857 bits per heavy atom. The number of hydrogen-bond donors (Lipinski definition) is 3. The van der Waals surface area contributed by atoms with E-state index in [2.05, 4.69) is 22.5 Å². The maximum Gasteiger partial charge on any atom is 0.413 e. The number of amides is 3. The third kappa shape index (κ3) is 10.9. The van der Waals surface area contributed by atoms with Gasteiger partial charge in [0.2, 0.25) is 5.91 Å². The van der Waals surface area contributed by atoms with Gasteiger partial charge >= 0.3 is 18.4 Å². The Labute approximate surface area is 290 Å². The van der Waals surface area contributed by atoms with Crippen molar-refractivity contribution in [3.63, 3.8) is 0 Å². The van der Waals surface area contributed by atoms with E-state index in [-0.39, 0.29) is 23.1 Å². The Kier molecular flexibility index (Phi) is 13.6. The molecule has 3 amide bonds. The van der Waals surface area contributed by atoms with E-state index in [9.17, 15) is 27.6 Å². The molecule has 0 aliphatic carbocycles. The van der Waals surface area contributed by atoms with Gasteiger partial charge in [0.25, 0.3) is 0 Å². The summed E-state index contributed by atoms with van der Waals surface area (Å²) in [4.78, 5) is 39.1. The van der Waals surface area contributed by atoms with Crippen LogP contribution >= 0.6 is 11.3 Å². The number of alkyl halides is 3. The summed E-state index contributed by atoms with van der Waals surface area (Å²) < 4.78 is 60.4. The van der Waals surface area contributed by atoms with Crippen LogP contribution in [0.3, 0.4) is 0 Å². The minimum absolute atomic E-state index is 0.0103. The number of halogens is 3. The first kappa shape index (κ1) is 39.3. The Morgan fingerprint density at radius 2 is 1.41 bits per heavy atom. The van der Waals surface area contributed by atoms with Gasteiger partial charge in [0.1, 0.15) is 12.6 Å². The molecule has 1 aromatic heterocycles. The van der Waals surface area contributed by atoms with Gasteiger partial charge in [-0.25, -0.2) is 9.59 Å². The number of methoxy groups -OCH3 is 1. The van der Waals surface area contributed by atoms with Gasteiger partial charge in [0.15, 0.2) is 14.4 Å². The number of hydrogen-bond acceptors (Lipinski definition) is 7. The van der Waals surface area contributed by atoms with Crippen LogP contribution in [-0.4, -0.2) is 59.0 Å². The average Bonchev–Trinajstić information content (AvgIpc) is 3.53. The summed E-state index contributed by atoms with van der Waals surface area (Å²) in [5.41, 5.74) is 1.18. The smallest absolute Gasteiger partial charge is 0.413 e. The predicted octanol–water partition coefficient (Wildman–Crippen LogP) is 8.00. The van der Waals surface area contributed by atoms with E-state index in [0.717, 1.165) is 18.4 Å². The van der Waals surface area contributed by atoms with E-state index in [1.54, 1.807) is 60.7 Å². The van der Waals surface area contributed by atoms with E-state index in [1.807, 2.05) is 33.9 Å². The summed E-state index contributed by atoms with van der Waals surface area (Å²) >= 11 is 0.771. The second-order valence-electron chi connectivity index (χ2n) is 12.8. The lowest BCUT2D eigenvalue weighted by Crippen LogP contribution is -2.52. The fourth-order valence-corrected chi connectivity index (χ4v) is 6.80. The third-order valence-electron chi connectivity index (χ3n) is 8.32. The summed E-state index contributed by atoms with van der Waals surface area (Å²) in [7, 11) is -1.23. The third-order valence-corrected chi connectivity index (χ3v) is 14.1. The fourth-order valence-electron chi connectivity index (χ4n) is 4.66. The number of nitrogens with one attached hydrogen (secondary N) is 3. The maximum absolute atomic E-state index is 14.8. The monoisotopic (exact) mass is 719 g/mol. The summed E-state index contributed by atoms with van der Waals surface area (Å²) in [5, 5.41) is 7.13. The van der Waals surface area contributed by atoms with Gasteiger partial charge in [-0.2, -0.15) is 13.2 Å². The van der Waals surface area contributed by atoms with Crippen molar-refractivity contribution < 1.29 is 41.5 Å². The Hall–Kier alpha value is -4.14. The van der Waals surface area contributed by atoms with Gasteiger partial charge in [-0.05, 0) is 41.4 Å². The summed E-state index contributed by atoms with van der Waals surface area (Å²) in [5.74, 6) is -1.94. The van der Waals surface area contributed by atoms with Gasteiger partial charge in [0.05, 0.1) is 19.8 Å². The van der Waals surface area contributed by atoms with Crippen molar-refractivity contribution in [3.8, 4) is 0 Å². The number of carbonyl (C=O) groups is 3. The lowest BCUT2D eigenvalue weighted by atomic mass is 9.84. The molecule has 0 unspecified atom stereocenters. The van der Waals surface area contributed by atoms with Gasteiger partial charge in [-0.3, -0.25) is 4.79 Å². The normalized spacial score (nSPS) is 13.9. The molecule has 0 aliphatic heterocycles. The van der Waals surface area contributed by atoms with Crippen LogP contribution in [0.4, 0.5) is 22.8 Å². The molecule has 266 valence electrons. The van der Waals surface area contributed by atoms with Crippen LogP contribution < -0.4 is 16.0 Å². The molecule has 9 nitrogen and oxygen atoms in total. The van der Waals surface area contributed by atoms with Gasteiger partial charge in [-0.15, -0.1) is 11.3 Å². The summed E-state index contributed by atoms with van der Waals surface area (Å²) in [6.07, 6.45) is -5.31. The molecule has 2 aromatic carbocycles. The molecule has 3 aromatic rings. The molecule has 14 heteroatoms. The van der Waals surface area contributed by atoms with Crippen molar-refractivity contribution in [1.29, 1.82) is 0 Å². The zero-order chi connectivity index (χ0) is 36.4. The molecule has 0 fully saturated rings. The van der Waals surface area contributed by atoms with Crippen molar-refractivity contribution in [2.45, 2.75) is 69.1 Å². The lowest BCUT2D eigenvalue weighted by molar-refractivity contribution is -0.163. The van der Waals surface area contributed by atoms with Gasteiger partial charge in [-0.1, -0.05) is 94.1 Å². The largest absolute Gasteiger partial charge is 0.453 e. The highest BCUT2D eigenvalue weighted by Crippen LogP contribution is 2.40. The molecular weight excluding hydrogens is 676 g/mol. The molecule has 3 N–H and O–H groups in total. The predicted molar refractivity (Wildman–Crippen MR) is 186 cm³/mol. The highest BCUT2D eigenvalue weighted by atomic mass is 32.1. The molecule has 3 atom stereocenters. The summed E-state index contributed by atoms with van der Waals surface area (Å²) in [6, 6.07) is 15.3. The number of thiophene rings is 1. The quantitative estimate of drug-likeness (QED) is 0.115. The Balaban J connectivity index is 2.00. The summed E-state index contributed by atoms with van der Waals surface area (Å²) in [6.45, 7) is 13.6. The van der Waals surface area contributed by atoms with Crippen LogP contribution in [0, 0.1) is 0 Å². The highest BCUT2D eigenvalue weighted by Gasteiger charge is 2.45. The van der Waals surface area contributed by atoms with Crippen molar-refractivity contribution in [2.75, 3.05) is 20.3 Å². The van der Waals surface area contributed by atoms with Gasteiger partial charge in [0, 0.05) is 15.7 Å². The first-order chi connectivity index (χ1) is 23.0.